The van der Waals surface area contributed by atoms with E-state index in [9.17, 15) is 19.5 Å². The molecule has 0 saturated carbocycles. The Morgan fingerprint density at radius 3 is 2.49 bits per heavy atom. The Morgan fingerprint density at radius 1 is 1.15 bits per heavy atom. The minimum atomic E-state index is -1.09. The monoisotopic (exact) mass is 532 g/mol. The van der Waals surface area contributed by atoms with E-state index in [0.29, 0.717) is 36.0 Å². The van der Waals surface area contributed by atoms with Crippen molar-refractivity contribution in [3.63, 3.8) is 0 Å². The third-order valence-electron chi connectivity index (χ3n) is 6.45. The fourth-order valence-corrected chi connectivity index (χ4v) is 4.25. The third kappa shape index (κ3) is 6.08. The van der Waals surface area contributed by atoms with Crippen molar-refractivity contribution in [2.45, 2.75) is 26.3 Å². The molecule has 0 saturated heterocycles. The van der Waals surface area contributed by atoms with Crippen LogP contribution in [0.15, 0.2) is 66.5 Å². The highest BCUT2D eigenvalue weighted by molar-refractivity contribution is 6.05. The molecule has 0 bridgehead atoms. The lowest BCUT2D eigenvalue weighted by Crippen LogP contribution is -2.34. The molecule has 204 valence electrons. The molecular formula is C28H32N6O5. The molecular weight excluding hydrogens is 500 g/mol. The maximum atomic E-state index is 13.2. The Morgan fingerprint density at radius 2 is 1.87 bits per heavy atom. The van der Waals surface area contributed by atoms with Crippen LogP contribution in [0.25, 0.3) is 0 Å². The Balaban J connectivity index is 1.63. The molecule has 39 heavy (non-hydrogen) atoms. The van der Waals surface area contributed by atoms with Gasteiger partial charge in [0.15, 0.2) is 5.82 Å². The summed E-state index contributed by atoms with van der Waals surface area (Å²) in [5.41, 5.74) is 1.92. The number of allylic oxidation sites excluding steroid dienone is 3. The first-order chi connectivity index (χ1) is 18.7. The zero-order valence-electron chi connectivity index (χ0n) is 22.4. The molecule has 11 nitrogen and oxygen atoms in total. The number of hydrogen-bond donors (Lipinski definition) is 2. The second kappa shape index (κ2) is 11.8. The molecule has 2 atom stereocenters. The summed E-state index contributed by atoms with van der Waals surface area (Å²) in [6.45, 7) is 5.27. The van der Waals surface area contributed by atoms with Crippen molar-refractivity contribution < 1.29 is 24.2 Å². The van der Waals surface area contributed by atoms with Gasteiger partial charge in [-0.1, -0.05) is 36.4 Å². The van der Waals surface area contributed by atoms with Crippen LogP contribution in [0.4, 0.5) is 22.2 Å². The maximum Gasteiger partial charge on any atom is 0.414 e. The summed E-state index contributed by atoms with van der Waals surface area (Å²) >= 11 is 0. The van der Waals surface area contributed by atoms with Gasteiger partial charge in [-0.15, -0.1) is 0 Å². The van der Waals surface area contributed by atoms with Gasteiger partial charge in [0.05, 0.1) is 12.1 Å². The van der Waals surface area contributed by atoms with Crippen LogP contribution in [0.1, 0.15) is 19.4 Å². The van der Waals surface area contributed by atoms with Crippen LogP contribution in [-0.2, 0) is 16.0 Å². The molecule has 0 radical (unpaired) electrons. The molecule has 2 amide bonds. The van der Waals surface area contributed by atoms with Crippen LogP contribution < -0.4 is 19.9 Å². The summed E-state index contributed by atoms with van der Waals surface area (Å²) in [6.07, 6.45) is 10.3. The van der Waals surface area contributed by atoms with E-state index in [1.165, 1.54) is 9.80 Å². The smallest absolute Gasteiger partial charge is 0.414 e. The molecule has 1 unspecified atom stereocenters. The minimum absolute atomic E-state index is 0.115. The Hall–Kier alpha value is -4.67. The highest BCUT2D eigenvalue weighted by atomic mass is 16.6. The van der Waals surface area contributed by atoms with E-state index in [-0.39, 0.29) is 18.1 Å². The van der Waals surface area contributed by atoms with Gasteiger partial charge in [-0.3, -0.25) is 9.69 Å². The van der Waals surface area contributed by atoms with E-state index < -0.39 is 24.0 Å². The highest BCUT2D eigenvalue weighted by Gasteiger charge is 2.35. The number of fused-ring (bicyclic) bond motifs is 1. The molecule has 1 aromatic carbocycles. The molecule has 0 fully saturated rings. The topological polar surface area (TPSA) is 128 Å². The molecule has 2 N–H and O–H groups in total. The third-order valence-corrected chi connectivity index (χ3v) is 6.45. The summed E-state index contributed by atoms with van der Waals surface area (Å²) < 4.78 is 5.24. The fourth-order valence-electron chi connectivity index (χ4n) is 4.25. The van der Waals surface area contributed by atoms with Gasteiger partial charge in [-0.2, -0.15) is 4.98 Å². The number of nitrogens with one attached hydrogen (secondary N) is 1. The molecule has 1 aliphatic carbocycles. The van der Waals surface area contributed by atoms with Gasteiger partial charge < -0.3 is 25.0 Å². The van der Waals surface area contributed by atoms with Crippen molar-refractivity contribution in [2.75, 3.05) is 42.3 Å². The summed E-state index contributed by atoms with van der Waals surface area (Å²) in [4.78, 5) is 51.2. The Kier molecular flexibility index (Phi) is 8.28. The molecule has 0 spiro atoms. The quantitative estimate of drug-likeness (QED) is 0.473. The zero-order chi connectivity index (χ0) is 28.1. The van der Waals surface area contributed by atoms with Gasteiger partial charge in [0.1, 0.15) is 17.5 Å². The van der Waals surface area contributed by atoms with E-state index in [1.807, 2.05) is 43.1 Å². The van der Waals surface area contributed by atoms with Gasteiger partial charge in [-0.25, -0.2) is 14.6 Å². The number of anilines is 3. The number of carbonyl (C=O) groups excluding carboxylic acids is 2. The summed E-state index contributed by atoms with van der Waals surface area (Å²) in [7, 11) is 3.17. The van der Waals surface area contributed by atoms with Gasteiger partial charge in [0.25, 0.3) is 0 Å². The Labute approximate surface area is 227 Å². The maximum absolute atomic E-state index is 13.2. The van der Waals surface area contributed by atoms with Crippen molar-refractivity contribution in [1.29, 1.82) is 0 Å². The molecule has 2 heterocycles. The van der Waals surface area contributed by atoms with Gasteiger partial charge in [0, 0.05) is 39.8 Å². The van der Waals surface area contributed by atoms with Crippen molar-refractivity contribution in [2.24, 2.45) is 5.92 Å². The summed E-state index contributed by atoms with van der Waals surface area (Å²) in [5.74, 6) is -0.628. The van der Waals surface area contributed by atoms with E-state index in [0.717, 1.165) is 5.57 Å². The van der Waals surface area contributed by atoms with Gasteiger partial charge in [0.2, 0.25) is 11.9 Å². The van der Waals surface area contributed by atoms with Crippen molar-refractivity contribution in [3.8, 4) is 5.75 Å². The largest absolute Gasteiger partial charge is 0.480 e. The average Bonchev–Trinajstić information content (AvgIpc) is 3.26. The second-order valence-electron chi connectivity index (χ2n) is 9.28. The van der Waals surface area contributed by atoms with E-state index in [1.54, 1.807) is 50.8 Å². The Bertz CT molecular complexity index is 1330. The molecule has 2 aromatic rings. The van der Waals surface area contributed by atoms with Crippen molar-refractivity contribution >= 4 is 35.4 Å². The first kappa shape index (κ1) is 27.4. The lowest BCUT2D eigenvalue weighted by Gasteiger charge is -2.25. The lowest BCUT2D eigenvalue weighted by atomic mass is 9.97. The first-order valence-corrected chi connectivity index (χ1v) is 12.7. The van der Waals surface area contributed by atoms with Crippen molar-refractivity contribution in [3.05, 3.63) is 72.1 Å². The van der Waals surface area contributed by atoms with Gasteiger partial charge in [-0.05, 0) is 37.1 Å². The predicted molar refractivity (Wildman–Crippen MR) is 148 cm³/mol. The number of aromatic nitrogens is 2. The van der Waals surface area contributed by atoms with Crippen LogP contribution in [0, 0.1) is 5.92 Å². The van der Waals surface area contributed by atoms with Crippen LogP contribution >= 0.6 is 0 Å². The number of rotatable bonds is 10. The van der Waals surface area contributed by atoms with Gasteiger partial charge >= 0.3 is 12.1 Å². The summed E-state index contributed by atoms with van der Waals surface area (Å²) in [5, 5.41) is 13.1. The van der Waals surface area contributed by atoms with Crippen LogP contribution in [0.3, 0.4) is 0 Å². The number of benzene rings is 1. The van der Waals surface area contributed by atoms with Crippen LogP contribution in [0.5, 0.6) is 5.75 Å². The van der Waals surface area contributed by atoms with E-state index in [4.69, 9.17) is 4.74 Å². The number of carboxylic acid groups (broad SMARTS) is 1. The normalized spacial score (nSPS) is 16.4. The summed E-state index contributed by atoms with van der Waals surface area (Å²) in [6, 6.07) is 5.57. The molecule has 4 rings (SSSR count). The second-order valence-corrected chi connectivity index (χ2v) is 9.28. The number of aliphatic carboxylic acids is 1. The fraction of sp³-hybridized carbons (Fsp3) is 0.321. The first-order valence-electron chi connectivity index (χ1n) is 12.7. The number of carbonyl (C=O) groups is 3. The lowest BCUT2D eigenvalue weighted by molar-refractivity contribution is -0.137. The minimum Gasteiger partial charge on any atom is -0.480 e. The number of nitrogens with zero attached hydrogens (tertiary/aromatic N) is 5. The SMILES string of the molecule is CCN(CC)c1ncc(N2C=C3C=CC=CC3C2=O)c(N[C@@H](Cc2ccc(OC(=O)N(C)C)cc2)C(=O)O)n1. The van der Waals surface area contributed by atoms with Crippen molar-refractivity contribution in [1.82, 2.24) is 14.9 Å². The standard InChI is InChI=1S/C28H32N6O5/c1-5-33(6-2)27-29-16-23(34-17-19-9-7-8-10-21(19)25(34)35)24(31-27)30-22(26(36)37)15-18-11-13-20(14-12-18)39-28(38)32(3)4/h7-14,16-17,21-22H,5-6,15H2,1-4H3,(H,36,37)(H,29,30,31)/t21?,22-/m0/s1. The number of carboxylic acids is 1. The average molecular weight is 533 g/mol. The predicted octanol–water partition coefficient (Wildman–Crippen LogP) is 3.46. The zero-order valence-corrected chi connectivity index (χ0v) is 22.4. The van der Waals surface area contributed by atoms with E-state index >= 15 is 0 Å². The number of amides is 2. The molecule has 2 aliphatic rings. The van der Waals surface area contributed by atoms with Crippen LogP contribution in [0.2, 0.25) is 0 Å². The number of ether oxygens (including phenoxy) is 1. The van der Waals surface area contributed by atoms with Crippen LogP contribution in [-0.4, -0.2) is 71.2 Å². The molecule has 1 aromatic heterocycles. The highest BCUT2D eigenvalue weighted by Crippen LogP contribution is 2.35. The molecule has 11 heteroatoms. The molecule has 1 aliphatic heterocycles. The van der Waals surface area contributed by atoms with E-state index in [2.05, 4.69) is 15.3 Å². The number of hydrogen-bond acceptors (Lipinski definition) is 8.